The first-order chi connectivity index (χ1) is 20.1. The highest BCUT2D eigenvalue weighted by Crippen LogP contribution is 2.32. The maximum Gasteiger partial charge on any atom is 0.344 e. The van der Waals surface area contributed by atoms with Gasteiger partial charge in [0.05, 0.1) is 13.2 Å². The van der Waals surface area contributed by atoms with Gasteiger partial charge in [-0.2, -0.15) is 4.98 Å². The third-order valence-corrected chi connectivity index (χ3v) is 6.50. The molecule has 1 aromatic heterocycles. The smallest absolute Gasteiger partial charge is 0.344 e. The van der Waals surface area contributed by atoms with Crippen molar-refractivity contribution in [3.63, 3.8) is 0 Å². The topological polar surface area (TPSA) is 136 Å². The summed E-state index contributed by atoms with van der Waals surface area (Å²) in [4.78, 5) is 29.8. The predicted octanol–water partition coefficient (Wildman–Crippen LogP) is 4.70. The highest BCUT2D eigenvalue weighted by atomic mass is 19.1. The summed E-state index contributed by atoms with van der Waals surface area (Å²) in [5.74, 6) is -4.76. The van der Waals surface area contributed by atoms with Crippen molar-refractivity contribution >= 4 is 12.0 Å². The molecule has 3 aromatic rings. The Kier molecular flexibility index (Phi) is 10.3. The Morgan fingerprint density at radius 1 is 1.05 bits per heavy atom. The van der Waals surface area contributed by atoms with Crippen molar-refractivity contribution in [3.8, 4) is 28.6 Å². The fourth-order valence-electron chi connectivity index (χ4n) is 4.38. The van der Waals surface area contributed by atoms with Crippen molar-refractivity contribution < 1.29 is 37.7 Å². The number of carboxylic acids is 1. The molecule has 1 saturated heterocycles. The Morgan fingerprint density at radius 3 is 2.45 bits per heavy atom. The summed E-state index contributed by atoms with van der Waals surface area (Å²) < 4.78 is 45.7. The van der Waals surface area contributed by atoms with E-state index in [1.54, 1.807) is 30.9 Å². The van der Waals surface area contributed by atoms with Gasteiger partial charge in [-0.05, 0) is 58.9 Å². The summed E-state index contributed by atoms with van der Waals surface area (Å²) in [6, 6.07) is 12.9. The molecule has 0 unspecified atom stereocenters. The zero-order valence-electron chi connectivity index (χ0n) is 23.4. The van der Waals surface area contributed by atoms with Crippen LogP contribution in [0.1, 0.15) is 31.4 Å². The zero-order valence-corrected chi connectivity index (χ0v) is 23.4. The van der Waals surface area contributed by atoms with E-state index >= 15 is 0 Å². The number of carbonyl (C=O) groups is 2. The van der Waals surface area contributed by atoms with Gasteiger partial charge in [0, 0.05) is 32.2 Å². The molecule has 1 atom stereocenters. The van der Waals surface area contributed by atoms with Crippen LogP contribution in [0.2, 0.25) is 0 Å². The summed E-state index contributed by atoms with van der Waals surface area (Å²) in [6.45, 7) is 5.93. The van der Waals surface area contributed by atoms with Gasteiger partial charge in [-0.1, -0.05) is 32.0 Å². The number of hydrogen-bond acceptors (Lipinski definition) is 7. The summed E-state index contributed by atoms with van der Waals surface area (Å²) in [5.41, 5.74) is 8.85. The molecule has 10 nitrogen and oxygen atoms in total. The highest BCUT2D eigenvalue weighted by Gasteiger charge is 2.25. The molecule has 2 heterocycles. The number of carbonyl (C=O) groups excluding carboxylic acids is 1. The van der Waals surface area contributed by atoms with Crippen LogP contribution in [0.5, 0.6) is 17.5 Å². The lowest BCUT2D eigenvalue weighted by Crippen LogP contribution is -2.45. The molecule has 12 heteroatoms. The SMILES string of the molecule is CC(C)C[C@@H](Oc1nc(Oc2cc(CNC(=O)N3CCOCC3)cc(-c3cccc(CN)c3)c2)c(F)cc1F)C(=O)O. The van der Waals surface area contributed by atoms with Gasteiger partial charge in [0.1, 0.15) is 5.75 Å². The molecule has 42 heavy (non-hydrogen) atoms. The Morgan fingerprint density at radius 2 is 1.76 bits per heavy atom. The maximum absolute atomic E-state index is 14.8. The first kappa shape index (κ1) is 30.7. The number of urea groups is 1. The third kappa shape index (κ3) is 8.14. The molecule has 0 aliphatic carbocycles. The van der Waals surface area contributed by atoms with E-state index in [0.29, 0.717) is 50.0 Å². The summed E-state index contributed by atoms with van der Waals surface area (Å²) in [7, 11) is 0. The molecule has 224 valence electrons. The normalized spacial score (nSPS) is 14.0. The van der Waals surface area contributed by atoms with Crippen LogP contribution in [0.3, 0.4) is 0 Å². The standard InChI is InChI=1S/C30H34F2N4O6/c1-18(2)10-26(29(37)38)42-28-25(32)15-24(31)27(35-28)41-23-13-20(17-34-30(39)36-6-8-40-9-7-36)12-22(14-23)21-5-3-4-19(11-21)16-33/h3-5,11-15,18,26H,6-10,16-17,33H2,1-2H3,(H,34,39)(H,37,38)/t26-/m1/s1. The number of morpholine rings is 1. The van der Waals surface area contributed by atoms with Gasteiger partial charge in [0.2, 0.25) is 0 Å². The van der Waals surface area contributed by atoms with Gasteiger partial charge in [0.25, 0.3) is 11.8 Å². The van der Waals surface area contributed by atoms with E-state index in [2.05, 4.69) is 10.3 Å². The number of amides is 2. The minimum atomic E-state index is -1.38. The van der Waals surface area contributed by atoms with Crippen molar-refractivity contribution in [2.45, 2.75) is 39.5 Å². The van der Waals surface area contributed by atoms with Crippen molar-refractivity contribution in [2.24, 2.45) is 11.7 Å². The van der Waals surface area contributed by atoms with E-state index in [1.165, 1.54) is 0 Å². The number of rotatable bonds is 11. The Bertz CT molecular complexity index is 1410. The fourth-order valence-corrected chi connectivity index (χ4v) is 4.38. The number of carboxylic acid groups (broad SMARTS) is 1. The van der Waals surface area contributed by atoms with Gasteiger partial charge in [0.15, 0.2) is 17.7 Å². The number of hydrogen-bond donors (Lipinski definition) is 3. The molecule has 1 aliphatic heterocycles. The van der Waals surface area contributed by atoms with Gasteiger partial charge >= 0.3 is 12.0 Å². The Labute approximate surface area is 242 Å². The number of benzene rings is 2. The first-order valence-electron chi connectivity index (χ1n) is 13.6. The molecule has 4 N–H and O–H groups in total. The second-order valence-electron chi connectivity index (χ2n) is 10.3. The fraction of sp³-hybridized carbons (Fsp3) is 0.367. The monoisotopic (exact) mass is 584 g/mol. The molecule has 2 amide bonds. The molecule has 0 radical (unpaired) electrons. The van der Waals surface area contributed by atoms with Crippen LogP contribution in [0.25, 0.3) is 11.1 Å². The van der Waals surface area contributed by atoms with Crippen LogP contribution in [0.15, 0.2) is 48.5 Å². The van der Waals surface area contributed by atoms with Crippen molar-refractivity contribution in [2.75, 3.05) is 26.3 Å². The van der Waals surface area contributed by atoms with Gasteiger partial charge in [-0.15, -0.1) is 0 Å². The highest BCUT2D eigenvalue weighted by molar-refractivity contribution is 5.74. The number of aliphatic carboxylic acids is 1. The van der Waals surface area contributed by atoms with E-state index in [0.717, 1.165) is 11.1 Å². The van der Waals surface area contributed by atoms with Crippen molar-refractivity contribution in [3.05, 3.63) is 71.3 Å². The van der Waals surface area contributed by atoms with E-state index in [9.17, 15) is 23.5 Å². The molecular weight excluding hydrogens is 550 g/mol. The molecule has 1 fully saturated rings. The summed E-state index contributed by atoms with van der Waals surface area (Å²) >= 11 is 0. The lowest BCUT2D eigenvalue weighted by Gasteiger charge is -2.27. The average Bonchev–Trinajstić information content (AvgIpc) is 2.98. The second kappa shape index (κ2) is 14.1. The van der Waals surface area contributed by atoms with Gasteiger partial charge in [-0.3, -0.25) is 0 Å². The van der Waals surface area contributed by atoms with Gasteiger partial charge in [-0.25, -0.2) is 18.4 Å². The van der Waals surface area contributed by atoms with E-state index in [1.807, 2.05) is 30.3 Å². The van der Waals surface area contributed by atoms with Crippen LogP contribution >= 0.6 is 0 Å². The maximum atomic E-state index is 14.8. The minimum absolute atomic E-state index is 0.0620. The zero-order chi connectivity index (χ0) is 30.2. The van der Waals surface area contributed by atoms with E-state index in [4.69, 9.17) is 19.9 Å². The van der Waals surface area contributed by atoms with Crippen LogP contribution in [0, 0.1) is 17.6 Å². The Hall–Kier alpha value is -4.29. The molecule has 4 rings (SSSR count). The Balaban J connectivity index is 1.64. The number of nitrogens with two attached hydrogens (primary N) is 1. The van der Waals surface area contributed by atoms with Crippen LogP contribution in [-0.4, -0.2) is 59.4 Å². The quantitative estimate of drug-likeness (QED) is 0.295. The molecule has 0 spiro atoms. The van der Waals surface area contributed by atoms with Crippen LogP contribution in [-0.2, 0) is 22.6 Å². The summed E-state index contributed by atoms with van der Waals surface area (Å²) in [6.07, 6.45) is -1.29. The van der Waals surface area contributed by atoms with Crippen molar-refractivity contribution in [1.29, 1.82) is 0 Å². The molecule has 1 aliphatic rings. The number of ether oxygens (including phenoxy) is 3. The largest absolute Gasteiger partial charge is 0.479 e. The minimum Gasteiger partial charge on any atom is -0.479 e. The lowest BCUT2D eigenvalue weighted by atomic mass is 10.0. The van der Waals surface area contributed by atoms with Gasteiger partial charge < -0.3 is 35.3 Å². The molecule has 2 aromatic carbocycles. The lowest BCUT2D eigenvalue weighted by molar-refractivity contribution is -0.146. The van der Waals surface area contributed by atoms with Crippen molar-refractivity contribution in [1.82, 2.24) is 15.2 Å². The molecular formula is C30H34F2N4O6. The molecule has 0 bridgehead atoms. The summed E-state index contributed by atoms with van der Waals surface area (Å²) in [5, 5.41) is 12.4. The number of nitrogens with one attached hydrogen (secondary N) is 1. The predicted molar refractivity (Wildman–Crippen MR) is 150 cm³/mol. The number of pyridine rings is 1. The van der Waals surface area contributed by atoms with Crippen LogP contribution < -0.4 is 20.5 Å². The number of nitrogens with zero attached hydrogens (tertiary/aromatic N) is 2. The number of aromatic nitrogens is 1. The van der Waals surface area contributed by atoms with E-state index in [-0.39, 0.29) is 30.7 Å². The molecule has 0 saturated carbocycles. The first-order valence-corrected chi connectivity index (χ1v) is 13.6. The number of halogens is 2. The third-order valence-electron chi connectivity index (χ3n) is 6.50. The average molecular weight is 585 g/mol. The second-order valence-corrected chi connectivity index (χ2v) is 10.3. The van der Waals surface area contributed by atoms with Crippen LogP contribution in [0.4, 0.5) is 13.6 Å². The van der Waals surface area contributed by atoms with E-state index < -0.39 is 35.5 Å².